The van der Waals surface area contributed by atoms with Crippen LogP contribution in [0.25, 0.3) is 0 Å². The Balaban J connectivity index is 1.93. The Labute approximate surface area is 147 Å². The van der Waals surface area contributed by atoms with Gasteiger partial charge in [-0.3, -0.25) is 0 Å². The molecule has 2 N–H and O–H groups in total. The molecule has 0 atom stereocenters. The maximum Gasteiger partial charge on any atom is 0.407 e. The molecule has 0 bridgehead atoms. The Morgan fingerprint density at radius 2 is 1.83 bits per heavy atom. The number of carbonyl (C=O) groups is 2. The molecule has 132 valence electrons. The van der Waals surface area contributed by atoms with E-state index in [0.717, 1.165) is 30.6 Å². The molecule has 1 aliphatic rings. The number of hydrogen-bond donors (Lipinski definition) is 2. The molecule has 2 rings (SSSR count). The van der Waals surface area contributed by atoms with Gasteiger partial charge in [0, 0.05) is 31.2 Å². The van der Waals surface area contributed by atoms with E-state index in [9.17, 15) is 9.59 Å². The molecule has 0 unspecified atom stereocenters. The molecular formula is C17H24ClN3O3. The molecule has 3 amide bonds. The summed E-state index contributed by atoms with van der Waals surface area (Å²) < 4.78 is 5.22. The zero-order chi connectivity index (χ0) is 17.7. The summed E-state index contributed by atoms with van der Waals surface area (Å²) in [5.74, 6) is 0. The number of urea groups is 1. The average Bonchev–Trinajstić information content (AvgIpc) is 2.40. The molecular weight excluding hydrogens is 330 g/mol. The maximum atomic E-state index is 11.9. The summed E-state index contributed by atoms with van der Waals surface area (Å²) in [5, 5.41) is 6.19. The van der Waals surface area contributed by atoms with E-state index in [2.05, 4.69) is 10.6 Å². The minimum Gasteiger partial charge on any atom is -0.444 e. The molecule has 6 nitrogen and oxygen atoms in total. The van der Waals surface area contributed by atoms with Crippen molar-refractivity contribution in [2.24, 2.45) is 0 Å². The normalized spacial score (nSPS) is 13.9. The zero-order valence-electron chi connectivity index (χ0n) is 14.3. The molecule has 0 radical (unpaired) electrons. The van der Waals surface area contributed by atoms with Gasteiger partial charge in [0.05, 0.1) is 0 Å². The smallest absolute Gasteiger partial charge is 0.407 e. The Morgan fingerprint density at radius 3 is 2.42 bits per heavy atom. The van der Waals surface area contributed by atoms with Gasteiger partial charge in [-0.15, -0.1) is 0 Å². The number of likely N-dealkylation sites (tertiary alicyclic amines) is 1. The standard InChI is InChI=1S/C17H24ClN3O3/c1-17(2,3)24-16(23)20-10-12-5-6-14(18)9-13(12)11-19-15(22)21-7-4-8-21/h5-6,9H,4,7-8,10-11H2,1-3H3,(H,19,22)(H,20,23). The Bertz CT molecular complexity index is 610. The second-order valence-corrected chi connectivity index (χ2v) is 7.20. The predicted molar refractivity (Wildman–Crippen MR) is 93.0 cm³/mol. The fourth-order valence-electron chi connectivity index (χ4n) is 2.22. The van der Waals surface area contributed by atoms with Crippen molar-refractivity contribution in [3.8, 4) is 0 Å². The van der Waals surface area contributed by atoms with Crippen LogP contribution in [0.15, 0.2) is 18.2 Å². The van der Waals surface area contributed by atoms with Crippen LogP contribution in [0.2, 0.25) is 5.02 Å². The molecule has 0 saturated carbocycles. The van der Waals surface area contributed by atoms with Gasteiger partial charge in [-0.1, -0.05) is 17.7 Å². The second kappa shape index (κ2) is 7.75. The molecule has 1 fully saturated rings. The van der Waals surface area contributed by atoms with Crippen LogP contribution in [0.4, 0.5) is 9.59 Å². The van der Waals surface area contributed by atoms with Crippen molar-refractivity contribution >= 4 is 23.7 Å². The van der Waals surface area contributed by atoms with Crippen molar-refractivity contribution in [3.05, 3.63) is 34.3 Å². The molecule has 1 heterocycles. The summed E-state index contributed by atoms with van der Waals surface area (Å²) in [5.41, 5.74) is 1.21. The maximum absolute atomic E-state index is 11.9. The summed E-state index contributed by atoms with van der Waals surface area (Å²) in [4.78, 5) is 25.4. The molecule has 0 aliphatic carbocycles. The lowest BCUT2D eigenvalue weighted by Crippen LogP contribution is -2.47. The van der Waals surface area contributed by atoms with Gasteiger partial charge in [0.15, 0.2) is 0 Å². The van der Waals surface area contributed by atoms with E-state index in [4.69, 9.17) is 16.3 Å². The van der Waals surface area contributed by atoms with Gasteiger partial charge >= 0.3 is 12.1 Å². The number of alkyl carbamates (subject to hydrolysis) is 1. The van der Waals surface area contributed by atoms with Gasteiger partial charge in [0.1, 0.15) is 5.60 Å². The van der Waals surface area contributed by atoms with Gasteiger partial charge in [0.25, 0.3) is 0 Å². The number of nitrogens with zero attached hydrogens (tertiary/aromatic N) is 1. The van der Waals surface area contributed by atoms with Crippen LogP contribution in [-0.4, -0.2) is 35.7 Å². The SMILES string of the molecule is CC(C)(C)OC(=O)NCc1ccc(Cl)cc1CNC(=O)N1CCC1. The molecule has 0 aromatic heterocycles. The van der Waals surface area contributed by atoms with Gasteiger partial charge in [0.2, 0.25) is 0 Å². The summed E-state index contributed by atoms with van der Waals surface area (Å²) in [6.45, 7) is 7.70. The second-order valence-electron chi connectivity index (χ2n) is 6.77. The first-order valence-corrected chi connectivity index (χ1v) is 8.39. The Kier molecular flexibility index (Phi) is 5.94. The Hall–Kier alpha value is -1.95. The first-order chi connectivity index (χ1) is 11.2. The lowest BCUT2D eigenvalue weighted by Gasteiger charge is -2.31. The summed E-state index contributed by atoms with van der Waals surface area (Å²) in [7, 11) is 0. The molecule has 1 aromatic rings. The monoisotopic (exact) mass is 353 g/mol. The first-order valence-electron chi connectivity index (χ1n) is 8.01. The van der Waals surface area contributed by atoms with E-state index >= 15 is 0 Å². The lowest BCUT2D eigenvalue weighted by atomic mass is 10.1. The van der Waals surface area contributed by atoms with E-state index in [1.54, 1.807) is 17.0 Å². The number of nitrogens with one attached hydrogen (secondary N) is 2. The molecule has 24 heavy (non-hydrogen) atoms. The van der Waals surface area contributed by atoms with E-state index in [1.165, 1.54) is 0 Å². The van der Waals surface area contributed by atoms with Crippen LogP contribution in [0, 0.1) is 0 Å². The molecule has 1 aromatic carbocycles. The fraction of sp³-hybridized carbons (Fsp3) is 0.529. The highest BCUT2D eigenvalue weighted by atomic mass is 35.5. The molecule has 1 saturated heterocycles. The van der Waals surface area contributed by atoms with Crippen molar-refractivity contribution in [2.75, 3.05) is 13.1 Å². The predicted octanol–water partition coefficient (Wildman–Crippen LogP) is 3.28. The summed E-state index contributed by atoms with van der Waals surface area (Å²) >= 11 is 6.05. The van der Waals surface area contributed by atoms with Crippen molar-refractivity contribution < 1.29 is 14.3 Å². The lowest BCUT2D eigenvalue weighted by molar-refractivity contribution is 0.0523. The van der Waals surface area contributed by atoms with Crippen LogP contribution in [-0.2, 0) is 17.8 Å². The minimum atomic E-state index is -0.544. The van der Waals surface area contributed by atoms with Crippen LogP contribution < -0.4 is 10.6 Å². The number of amides is 3. The average molecular weight is 354 g/mol. The van der Waals surface area contributed by atoms with Crippen molar-refractivity contribution in [2.45, 2.75) is 45.9 Å². The molecule has 0 spiro atoms. The van der Waals surface area contributed by atoms with E-state index in [1.807, 2.05) is 26.8 Å². The Morgan fingerprint density at radius 1 is 1.17 bits per heavy atom. The van der Waals surface area contributed by atoms with Gasteiger partial charge < -0.3 is 20.3 Å². The largest absolute Gasteiger partial charge is 0.444 e. The summed E-state index contributed by atoms with van der Waals surface area (Å²) in [6, 6.07) is 5.32. The van der Waals surface area contributed by atoms with Crippen LogP contribution >= 0.6 is 11.6 Å². The number of rotatable bonds is 4. The van der Waals surface area contributed by atoms with Crippen LogP contribution in [0.1, 0.15) is 38.3 Å². The number of hydrogen-bond acceptors (Lipinski definition) is 3. The first kappa shape index (κ1) is 18.4. The van der Waals surface area contributed by atoms with Gasteiger partial charge in [-0.05, 0) is 50.5 Å². The highest BCUT2D eigenvalue weighted by molar-refractivity contribution is 6.30. The van der Waals surface area contributed by atoms with E-state index < -0.39 is 11.7 Å². The van der Waals surface area contributed by atoms with Gasteiger partial charge in [-0.25, -0.2) is 9.59 Å². The quantitative estimate of drug-likeness (QED) is 0.872. The van der Waals surface area contributed by atoms with Crippen molar-refractivity contribution in [1.29, 1.82) is 0 Å². The number of halogens is 1. The van der Waals surface area contributed by atoms with Crippen LogP contribution in [0.3, 0.4) is 0 Å². The zero-order valence-corrected chi connectivity index (χ0v) is 15.1. The summed E-state index contributed by atoms with van der Waals surface area (Å²) in [6.07, 6.45) is 0.573. The van der Waals surface area contributed by atoms with Crippen molar-refractivity contribution in [3.63, 3.8) is 0 Å². The highest BCUT2D eigenvalue weighted by Crippen LogP contribution is 2.17. The van der Waals surface area contributed by atoms with Crippen molar-refractivity contribution in [1.82, 2.24) is 15.5 Å². The highest BCUT2D eigenvalue weighted by Gasteiger charge is 2.20. The van der Waals surface area contributed by atoms with Crippen LogP contribution in [0.5, 0.6) is 0 Å². The third kappa shape index (κ3) is 5.60. The third-order valence-electron chi connectivity index (χ3n) is 3.56. The van der Waals surface area contributed by atoms with E-state index in [0.29, 0.717) is 18.1 Å². The number of carbonyl (C=O) groups excluding carboxylic acids is 2. The number of benzene rings is 1. The molecule has 7 heteroatoms. The third-order valence-corrected chi connectivity index (χ3v) is 3.80. The fourth-order valence-corrected chi connectivity index (χ4v) is 2.41. The number of ether oxygens (including phenoxy) is 1. The topological polar surface area (TPSA) is 70.7 Å². The van der Waals surface area contributed by atoms with E-state index in [-0.39, 0.29) is 6.03 Å². The van der Waals surface area contributed by atoms with Gasteiger partial charge in [-0.2, -0.15) is 0 Å². The minimum absolute atomic E-state index is 0.0766. The molecule has 1 aliphatic heterocycles.